The zero-order valence-electron chi connectivity index (χ0n) is 10.3. The molecule has 0 amide bonds. The minimum Gasteiger partial charge on any atom is -0.312 e. The summed E-state index contributed by atoms with van der Waals surface area (Å²) in [6.45, 7) is 7.26. The van der Waals surface area contributed by atoms with Crippen molar-refractivity contribution in [3.05, 3.63) is 18.0 Å². The molecule has 1 aromatic heterocycles. The second-order valence-corrected chi connectivity index (χ2v) is 4.36. The summed E-state index contributed by atoms with van der Waals surface area (Å²) in [5.41, 5.74) is -0.698. The molecule has 1 unspecified atom stereocenters. The van der Waals surface area contributed by atoms with Gasteiger partial charge in [-0.15, -0.1) is 0 Å². The van der Waals surface area contributed by atoms with Crippen LogP contribution >= 0.6 is 0 Å². The van der Waals surface area contributed by atoms with E-state index in [0.29, 0.717) is 12.5 Å². The number of nitrogens with one attached hydrogen (secondary N) is 1. The van der Waals surface area contributed by atoms with Crippen LogP contribution in [0.1, 0.15) is 26.3 Å². The molecule has 6 heteroatoms. The predicted octanol–water partition coefficient (Wildman–Crippen LogP) is 2.54. The topological polar surface area (TPSA) is 29.9 Å². The number of halogens is 3. The quantitative estimate of drug-likeness (QED) is 0.869. The Morgan fingerprint density at radius 2 is 2.06 bits per heavy atom. The van der Waals surface area contributed by atoms with Gasteiger partial charge in [0.15, 0.2) is 0 Å². The number of alkyl halides is 3. The van der Waals surface area contributed by atoms with Crippen LogP contribution in [-0.4, -0.2) is 22.4 Å². The van der Waals surface area contributed by atoms with Gasteiger partial charge in [0.25, 0.3) is 0 Å². The fourth-order valence-electron chi connectivity index (χ4n) is 1.58. The Labute approximate surface area is 99.0 Å². The average molecular weight is 249 g/mol. The van der Waals surface area contributed by atoms with Gasteiger partial charge >= 0.3 is 6.18 Å². The van der Waals surface area contributed by atoms with Gasteiger partial charge < -0.3 is 5.32 Å². The van der Waals surface area contributed by atoms with Crippen LogP contribution in [0, 0.1) is 5.92 Å². The number of aromatic nitrogens is 2. The molecule has 0 radical (unpaired) electrons. The van der Waals surface area contributed by atoms with E-state index in [-0.39, 0.29) is 6.04 Å². The molecule has 0 aliphatic carbocycles. The van der Waals surface area contributed by atoms with E-state index in [1.165, 1.54) is 4.68 Å². The Bertz CT molecular complexity index is 344. The van der Waals surface area contributed by atoms with Gasteiger partial charge in [-0.25, -0.2) is 0 Å². The molecule has 1 N–H and O–H groups in total. The largest absolute Gasteiger partial charge is 0.419 e. The summed E-state index contributed by atoms with van der Waals surface area (Å²) >= 11 is 0. The van der Waals surface area contributed by atoms with Gasteiger partial charge in [0.2, 0.25) is 0 Å². The summed E-state index contributed by atoms with van der Waals surface area (Å²) in [6.07, 6.45) is -2.40. The van der Waals surface area contributed by atoms with Gasteiger partial charge in [0, 0.05) is 12.2 Å². The SMILES string of the molecule is CCNC(Cn1cc(C(F)(F)F)cn1)C(C)C. The standard InChI is InChI=1S/C11H18F3N3/c1-4-15-10(8(2)3)7-17-6-9(5-16-17)11(12,13)14/h5-6,8,10,15H,4,7H2,1-3H3. The zero-order chi connectivity index (χ0) is 13.1. The lowest BCUT2D eigenvalue weighted by atomic mass is 10.0. The van der Waals surface area contributed by atoms with E-state index in [0.717, 1.165) is 18.9 Å². The van der Waals surface area contributed by atoms with Crippen LogP contribution in [0.4, 0.5) is 13.2 Å². The molecule has 17 heavy (non-hydrogen) atoms. The van der Waals surface area contributed by atoms with E-state index in [1.807, 2.05) is 20.8 Å². The lowest BCUT2D eigenvalue weighted by Crippen LogP contribution is -2.37. The van der Waals surface area contributed by atoms with Crippen LogP contribution in [0.15, 0.2) is 12.4 Å². The smallest absolute Gasteiger partial charge is 0.312 e. The first kappa shape index (κ1) is 14.0. The Morgan fingerprint density at radius 3 is 2.47 bits per heavy atom. The molecule has 0 aliphatic heterocycles. The molecule has 0 saturated heterocycles. The van der Waals surface area contributed by atoms with Gasteiger partial charge in [0.1, 0.15) is 0 Å². The van der Waals surface area contributed by atoms with Crippen molar-refractivity contribution in [1.29, 1.82) is 0 Å². The third-order valence-corrected chi connectivity index (χ3v) is 2.62. The molecule has 0 bridgehead atoms. The van der Waals surface area contributed by atoms with Crippen molar-refractivity contribution >= 4 is 0 Å². The van der Waals surface area contributed by atoms with Crippen molar-refractivity contribution in [2.24, 2.45) is 5.92 Å². The van der Waals surface area contributed by atoms with Gasteiger partial charge in [-0.1, -0.05) is 20.8 Å². The summed E-state index contributed by atoms with van der Waals surface area (Å²) in [5.74, 6) is 0.341. The monoisotopic (exact) mass is 249 g/mol. The normalized spacial score (nSPS) is 14.3. The third-order valence-electron chi connectivity index (χ3n) is 2.62. The molecule has 0 aliphatic rings. The lowest BCUT2D eigenvalue weighted by molar-refractivity contribution is -0.137. The summed E-state index contributed by atoms with van der Waals surface area (Å²) < 4.78 is 38.5. The molecule has 1 aromatic rings. The first-order chi connectivity index (χ1) is 7.84. The maximum absolute atomic E-state index is 12.4. The zero-order valence-corrected chi connectivity index (χ0v) is 10.3. The minimum atomic E-state index is -4.32. The van der Waals surface area contributed by atoms with E-state index in [4.69, 9.17) is 0 Å². The Morgan fingerprint density at radius 1 is 1.41 bits per heavy atom. The molecule has 1 heterocycles. The van der Waals surface area contributed by atoms with Crippen LogP contribution in [0.3, 0.4) is 0 Å². The Hall–Kier alpha value is -1.04. The van der Waals surface area contributed by atoms with Crippen molar-refractivity contribution in [3.63, 3.8) is 0 Å². The number of hydrogen-bond donors (Lipinski definition) is 1. The molecule has 1 atom stereocenters. The summed E-state index contributed by atoms with van der Waals surface area (Å²) in [7, 11) is 0. The van der Waals surface area contributed by atoms with Crippen molar-refractivity contribution < 1.29 is 13.2 Å². The first-order valence-corrected chi connectivity index (χ1v) is 5.67. The van der Waals surface area contributed by atoms with Gasteiger partial charge in [0.05, 0.1) is 18.3 Å². The number of rotatable bonds is 5. The molecule has 3 nitrogen and oxygen atoms in total. The molecule has 0 spiro atoms. The first-order valence-electron chi connectivity index (χ1n) is 5.67. The van der Waals surface area contributed by atoms with E-state index < -0.39 is 11.7 Å². The van der Waals surface area contributed by atoms with E-state index >= 15 is 0 Å². The van der Waals surface area contributed by atoms with Gasteiger partial charge in [-0.3, -0.25) is 4.68 Å². The summed E-state index contributed by atoms with van der Waals surface area (Å²) in [4.78, 5) is 0. The maximum Gasteiger partial charge on any atom is 0.419 e. The van der Waals surface area contributed by atoms with Crippen LogP contribution in [0.25, 0.3) is 0 Å². The molecular formula is C11H18F3N3. The van der Waals surface area contributed by atoms with Crippen molar-refractivity contribution in [2.45, 2.75) is 39.5 Å². The average Bonchev–Trinajstić information content (AvgIpc) is 2.64. The highest BCUT2D eigenvalue weighted by atomic mass is 19.4. The summed E-state index contributed by atoms with van der Waals surface area (Å²) in [6, 6.07) is 0.126. The number of nitrogens with zero attached hydrogens (tertiary/aromatic N) is 2. The maximum atomic E-state index is 12.4. The molecular weight excluding hydrogens is 231 g/mol. The Balaban J connectivity index is 2.70. The van der Waals surface area contributed by atoms with Crippen molar-refractivity contribution in [1.82, 2.24) is 15.1 Å². The lowest BCUT2D eigenvalue weighted by Gasteiger charge is -2.21. The molecule has 0 saturated carbocycles. The van der Waals surface area contributed by atoms with Crippen LogP contribution < -0.4 is 5.32 Å². The molecule has 98 valence electrons. The van der Waals surface area contributed by atoms with Crippen LogP contribution in [0.2, 0.25) is 0 Å². The fourth-order valence-corrected chi connectivity index (χ4v) is 1.58. The second-order valence-electron chi connectivity index (χ2n) is 4.36. The highest BCUT2D eigenvalue weighted by molar-refractivity contribution is 5.08. The predicted molar refractivity (Wildman–Crippen MR) is 59.5 cm³/mol. The van der Waals surface area contributed by atoms with E-state index in [1.54, 1.807) is 0 Å². The fraction of sp³-hybridized carbons (Fsp3) is 0.727. The highest BCUT2D eigenvalue weighted by Gasteiger charge is 2.32. The van der Waals surface area contributed by atoms with Crippen LogP contribution in [0.5, 0.6) is 0 Å². The third kappa shape index (κ3) is 4.03. The Kier molecular flexibility index (Phi) is 4.56. The van der Waals surface area contributed by atoms with Crippen molar-refractivity contribution in [3.8, 4) is 0 Å². The summed E-state index contributed by atoms with van der Waals surface area (Å²) in [5, 5.41) is 6.98. The molecule has 0 aromatic carbocycles. The van der Waals surface area contributed by atoms with Gasteiger partial charge in [-0.2, -0.15) is 18.3 Å². The molecule has 1 rings (SSSR count). The van der Waals surface area contributed by atoms with Gasteiger partial charge in [-0.05, 0) is 12.5 Å². The molecule has 0 fully saturated rings. The van der Waals surface area contributed by atoms with Crippen LogP contribution in [-0.2, 0) is 12.7 Å². The van der Waals surface area contributed by atoms with E-state index in [9.17, 15) is 13.2 Å². The second kappa shape index (κ2) is 5.53. The number of likely N-dealkylation sites (N-methyl/N-ethyl adjacent to an activating group) is 1. The minimum absolute atomic E-state index is 0.126. The van der Waals surface area contributed by atoms with E-state index in [2.05, 4.69) is 10.4 Å². The number of hydrogen-bond acceptors (Lipinski definition) is 2. The van der Waals surface area contributed by atoms with Crippen molar-refractivity contribution in [2.75, 3.05) is 6.54 Å². The highest BCUT2D eigenvalue weighted by Crippen LogP contribution is 2.28.